The number of pyridine rings is 1. The molecule has 4 aromatic rings. The van der Waals surface area contributed by atoms with Crippen LogP contribution in [0, 0.1) is 23.0 Å². The zero-order valence-electron chi connectivity index (χ0n) is 25.1. The van der Waals surface area contributed by atoms with Crippen LogP contribution < -0.4 is 10.6 Å². The Morgan fingerprint density at radius 1 is 1.24 bits per heavy atom. The Labute approximate surface area is 228 Å². The molecule has 0 radical (unpaired) electrons. The molecule has 194 valence electrons. The highest BCUT2D eigenvalue weighted by atomic mass is 32.1. The molecule has 2 unspecified atom stereocenters. The van der Waals surface area contributed by atoms with Gasteiger partial charge in [0.15, 0.2) is 11.6 Å². The van der Waals surface area contributed by atoms with Crippen LogP contribution in [0.25, 0.3) is 32.2 Å². The van der Waals surface area contributed by atoms with Gasteiger partial charge in [-0.25, -0.2) is 18.7 Å². The summed E-state index contributed by atoms with van der Waals surface area (Å²) in [5.74, 6) is -1.13. The zero-order valence-corrected chi connectivity index (χ0v) is 20.9. The van der Waals surface area contributed by atoms with Gasteiger partial charge in [0.05, 0.1) is 35.4 Å². The van der Waals surface area contributed by atoms with Crippen LogP contribution in [0.15, 0.2) is 12.4 Å². The molecule has 2 fully saturated rings. The Kier molecular flexibility index (Phi) is 4.34. The van der Waals surface area contributed by atoms with Gasteiger partial charge in [-0.15, -0.1) is 11.3 Å². The van der Waals surface area contributed by atoms with Crippen LogP contribution in [0.1, 0.15) is 49.7 Å². The van der Waals surface area contributed by atoms with Gasteiger partial charge >= 0.3 is 0 Å². The molecule has 3 aromatic heterocycles. The van der Waals surface area contributed by atoms with Gasteiger partial charge in [-0.3, -0.25) is 9.88 Å². The summed E-state index contributed by atoms with van der Waals surface area (Å²) >= 11 is 0.903. The number of piperidine rings is 1. The normalized spacial score (nSPS) is 23.9. The van der Waals surface area contributed by atoms with E-state index in [1.54, 1.807) is 6.20 Å². The number of nitrogens with two attached hydrogens (primary N) is 1. The average molecular weight is 539 g/mol. The van der Waals surface area contributed by atoms with Gasteiger partial charge in [-0.1, -0.05) is 6.85 Å². The van der Waals surface area contributed by atoms with Crippen LogP contribution in [0.4, 0.5) is 19.7 Å². The Bertz CT molecular complexity index is 1860. The SMILES string of the molecule is [2H]C([2H])([2H])C([2H])([2H])N1CCCC2C1CCN2c1ncc2c3c(c(-c4ncc(F)c5sc(N)c(C#N)c45)c(F)c2n1)COC3. The van der Waals surface area contributed by atoms with Crippen LogP contribution in [-0.2, 0) is 18.0 Å². The maximum atomic E-state index is 16.7. The standard InChI is InChI=1S/C27H25F2N7OS/c1-2-35-6-3-4-19-18(35)5-7-36(19)27-33-9-14-15-11-37-12-16(15)20(22(29)23(14)34-27)24-21-13(8-30)26(31)38-25(21)17(28)10-32-24/h9-10,18-19H,2-7,11-12,31H2,1H3/i1D3,2D2. The molecule has 2 atom stereocenters. The summed E-state index contributed by atoms with van der Waals surface area (Å²) in [6.07, 6.45) is 4.30. The first-order valence-electron chi connectivity index (χ1n) is 14.8. The first kappa shape index (κ1) is 18.7. The number of hydrogen-bond acceptors (Lipinski definition) is 9. The molecule has 2 saturated heterocycles. The van der Waals surface area contributed by atoms with E-state index in [4.69, 9.17) is 17.3 Å². The number of hydrogen-bond donors (Lipinski definition) is 1. The Hall–Kier alpha value is -3.46. The number of benzene rings is 1. The number of likely N-dealkylation sites (tertiary alicyclic amines) is 1. The molecule has 3 aliphatic heterocycles. The number of nitrogens with zero attached hydrogens (tertiary/aromatic N) is 6. The molecule has 0 amide bonds. The molecule has 3 aliphatic rings. The molecule has 8 nitrogen and oxygen atoms in total. The van der Waals surface area contributed by atoms with Crippen molar-refractivity contribution in [2.45, 2.75) is 51.4 Å². The molecule has 6 heterocycles. The van der Waals surface area contributed by atoms with Crippen molar-refractivity contribution in [3.8, 4) is 17.3 Å². The summed E-state index contributed by atoms with van der Waals surface area (Å²) in [6, 6.07) is 1.37. The van der Waals surface area contributed by atoms with Crippen LogP contribution in [0.2, 0.25) is 0 Å². The first-order valence-corrected chi connectivity index (χ1v) is 13.1. The van der Waals surface area contributed by atoms with Crippen LogP contribution in [-0.4, -0.2) is 51.5 Å². The van der Waals surface area contributed by atoms with Crippen LogP contribution >= 0.6 is 11.3 Å². The topological polar surface area (TPSA) is 104 Å². The van der Waals surface area contributed by atoms with Gasteiger partial charge in [0.1, 0.15) is 16.6 Å². The summed E-state index contributed by atoms with van der Waals surface area (Å²) in [5.41, 5.74) is 7.41. The summed E-state index contributed by atoms with van der Waals surface area (Å²) < 4.78 is 77.3. The van der Waals surface area contributed by atoms with Crippen molar-refractivity contribution in [3.63, 3.8) is 0 Å². The zero-order chi connectivity index (χ0) is 30.4. The van der Waals surface area contributed by atoms with Gasteiger partial charge in [-0.2, -0.15) is 5.26 Å². The smallest absolute Gasteiger partial charge is 0.226 e. The number of halogens is 2. The third-order valence-corrected chi connectivity index (χ3v) is 8.97. The van der Waals surface area contributed by atoms with Crippen LogP contribution in [0.3, 0.4) is 0 Å². The number of likely N-dealkylation sites (N-methyl/N-ethyl adjacent to an activating group) is 1. The molecule has 2 N–H and O–H groups in total. The molecule has 0 aliphatic carbocycles. The summed E-state index contributed by atoms with van der Waals surface area (Å²) in [5, 5.41) is 10.5. The second-order valence-electron chi connectivity index (χ2n) is 9.75. The molecule has 0 bridgehead atoms. The number of nitriles is 1. The van der Waals surface area contributed by atoms with E-state index in [1.165, 1.54) is 4.90 Å². The number of aromatic nitrogens is 3. The number of rotatable bonds is 3. The second kappa shape index (κ2) is 8.80. The fraction of sp³-hybridized carbons (Fsp3) is 0.407. The third kappa shape index (κ3) is 3.27. The van der Waals surface area contributed by atoms with Crippen molar-refractivity contribution >= 4 is 43.3 Å². The van der Waals surface area contributed by atoms with Gasteiger partial charge in [-0.05, 0) is 43.4 Å². The number of anilines is 2. The summed E-state index contributed by atoms with van der Waals surface area (Å²) in [7, 11) is 0. The van der Waals surface area contributed by atoms with Gasteiger partial charge < -0.3 is 15.4 Å². The lowest BCUT2D eigenvalue weighted by atomic mass is 9.94. The molecule has 1 aromatic carbocycles. The minimum absolute atomic E-state index is 0.0131. The lowest BCUT2D eigenvalue weighted by Gasteiger charge is -2.39. The number of thiophene rings is 1. The quantitative estimate of drug-likeness (QED) is 0.399. The summed E-state index contributed by atoms with van der Waals surface area (Å²) in [4.78, 5) is 16.8. The average Bonchev–Trinajstić information content (AvgIpc) is 3.70. The Morgan fingerprint density at radius 2 is 2.11 bits per heavy atom. The van der Waals surface area contributed by atoms with Crippen molar-refractivity contribution < 1.29 is 20.4 Å². The number of fused-ring (bicyclic) bond motifs is 5. The van der Waals surface area contributed by atoms with E-state index in [2.05, 4.69) is 15.0 Å². The van der Waals surface area contributed by atoms with Crippen molar-refractivity contribution in [3.05, 3.63) is 40.7 Å². The van der Waals surface area contributed by atoms with Crippen molar-refractivity contribution in [1.29, 1.82) is 5.26 Å². The third-order valence-electron chi connectivity index (χ3n) is 7.94. The van der Waals surface area contributed by atoms with E-state index >= 15 is 4.39 Å². The lowest BCUT2D eigenvalue weighted by molar-refractivity contribution is 0.135. The lowest BCUT2D eigenvalue weighted by Crippen LogP contribution is -2.49. The van der Waals surface area contributed by atoms with E-state index in [1.807, 2.05) is 11.0 Å². The van der Waals surface area contributed by atoms with Gasteiger partial charge in [0.2, 0.25) is 5.95 Å². The summed E-state index contributed by atoms with van der Waals surface area (Å²) in [6.45, 7) is -4.30. The molecule has 38 heavy (non-hydrogen) atoms. The van der Waals surface area contributed by atoms with Crippen molar-refractivity contribution in [2.24, 2.45) is 0 Å². The number of ether oxygens (including phenoxy) is 1. The van der Waals surface area contributed by atoms with E-state index < -0.39 is 25.0 Å². The predicted molar refractivity (Wildman–Crippen MR) is 142 cm³/mol. The molecular formula is C27H25F2N7OS. The predicted octanol–water partition coefficient (Wildman–Crippen LogP) is 4.73. The molecule has 0 spiro atoms. The maximum Gasteiger partial charge on any atom is 0.226 e. The highest BCUT2D eigenvalue weighted by Crippen LogP contribution is 2.45. The van der Waals surface area contributed by atoms with Gasteiger partial charge in [0.25, 0.3) is 0 Å². The van der Waals surface area contributed by atoms with E-state index in [-0.39, 0.29) is 68.7 Å². The first-order chi connectivity index (χ1) is 20.4. The second-order valence-corrected chi connectivity index (χ2v) is 10.8. The highest BCUT2D eigenvalue weighted by Gasteiger charge is 2.41. The molecule has 7 rings (SSSR count). The Balaban J connectivity index is 1.37. The van der Waals surface area contributed by atoms with E-state index in [9.17, 15) is 9.65 Å². The highest BCUT2D eigenvalue weighted by molar-refractivity contribution is 7.23. The number of nitrogen functional groups attached to an aromatic ring is 1. The minimum atomic E-state index is -2.82. The van der Waals surface area contributed by atoms with E-state index in [0.29, 0.717) is 48.9 Å². The Morgan fingerprint density at radius 3 is 2.95 bits per heavy atom. The fourth-order valence-electron chi connectivity index (χ4n) is 6.25. The molecule has 0 saturated carbocycles. The van der Waals surface area contributed by atoms with Crippen molar-refractivity contribution in [2.75, 3.05) is 30.2 Å². The molecule has 11 heteroatoms. The largest absolute Gasteiger partial charge is 0.389 e. The van der Waals surface area contributed by atoms with Gasteiger partial charge in [0, 0.05) is 48.0 Å². The molecular weight excluding hydrogens is 508 g/mol. The van der Waals surface area contributed by atoms with Crippen LogP contribution in [0.5, 0.6) is 0 Å². The van der Waals surface area contributed by atoms with Crippen molar-refractivity contribution in [1.82, 2.24) is 19.9 Å². The monoisotopic (exact) mass is 538 g/mol. The maximum absolute atomic E-state index is 16.7. The van der Waals surface area contributed by atoms with E-state index in [0.717, 1.165) is 17.5 Å². The fourth-order valence-corrected chi connectivity index (χ4v) is 7.17. The minimum Gasteiger partial charge on any atom is -0.389 e.